The first-order valence-corrected chi connectivity index (χ1v) is 7.43. The minimum absolute atomic E-state index is 0.162. The molecule has 2 N–H and O–H groups in total. The second-order valence-corrected chi connectivity index (χ2v) is 5.84. The average molecular weight is 354 g/mol. The van der Waals surface area contributed by atoms with Gasteiger partial charge in [-0.15, -0.1) is 0 Å². The lowest BCUT2D eigenvalue weighted by Crippen LogP contribution is -1.85. The topological polar surface area (TPSA) is 72.7 Å². The smallest absolute Gasteiger partial charge is 0.149 e. The van der Waals surface area contributed by atoms with Gasteiger partial charge in [0.05, 0.1) is 21.1 Å². The number of phenolic OH excluding ortho intramolecular Hbond substituents is 1. The molecule has 0 unspecified atom stereocenters. The van der Waals surface area contributed by atoms with Crippen molar-refractivity contribution in [2.45, 2.75) is 6.92 Å². The number of phenols is 1. The maximum Gasteiger partial charge on any atom is 0.149 e. The molecule has 0 aliphatic rings. The molecule has 1 heterocycles. The molecule has 1 aromatic heterocycles. The van der Waals surface area contributed by atoms with Gasteiger partial charge in [-0.1, -0.05) is 12.1 Å². The second kappa shape index (κ2) is 5.66. The zero-order valence-electron chi connectivity index (χ0n) is 11.8. The van der Waals surface area contributed by atoms with Crippen molar-refractivity contribution in [3.05, 3.63) is 57.8 Å². The number of H-pyrrole nitrogens is 1. The van der Waals surface area contributed by atoms with E-state index < -0.39 is 0 Å². The highest BCUT2D eigenvalue weighted by Gasteiger charge is 2.08. The molecule has 0 spiro atoms. The average Bonchev–Trinajstić information content (AvgIpc) is 2.91. The zero-order valence-corrected chi connectivity index (χ0v) is 13.3. The Morgan fingerprint density at radius 1 is 1.32 bits per heavy atom. The fraction of sp³-hybridized carbons (Fsp3) is 0.0588. The molecule has 0 aliphatic heterocycles. The van der Waals surface area contributed by atoms with Crippen LogP contribution >= 0.6 is 15.9 Å². The highest BCUT2D eigenvalue weighted by Crippen LogP contribution is 2.26. The Hall–Kier alpha value is -2.58. The number of nitrogens with zero attached hydrogens (tertiary/aromatic N) is 2. The normalized spacial score (nSPS) is 11.6. The Kier molecular flexibility index (Phi) is 3.70. The van der Waals surface area contributed by atoms with Gasteiger partial charge in [0.15, 0.2) is 0 Å². The standard InChI is InChI=1S/C17H12BrN3O/c1-10-2-4-14-15(6-10)21-17(20-14)12(9-19)7-11-3-5-16(22)13(18)8-11/h2-8,22H,1H3,(H,20,21). The Balaban J connectivity index is 2.07. The van der Waals surface area contributed by atoms with Gasteiger partial charge in [-0.25, -0.2) is 4.98 Å². The van der Waals surface area contributed by atoms with E-state index in [4.69, 9.17) is 0 Å². The van der Waals surface area contributed by atoms with Crippen LogP contribution in [0.1, 0.15) is 17.0 Å². The van der Waals surface area contributed by atoms with E-state index in [9.17, 15) is 10.4 Å². The molecule has 0 saturated carbocycles. The van der Waals surface area contributed by atoms with Gasteiger partial charge in [0, 0.05) is 0 Å². The van der Waals surface area contributed by atoms with E-state index in [-0.39, 0.29) is 5.75 Å². The molecule has 0 radical (unpaired) electrons. The molecule has 3 rings (SSSR count). The number of hydrogen-bond donors (Lipinski definition) is 2. The minimum atomic E-state index is 0.162. The van der Waals surface area contributed by atoms with Crippen LogP contribution in [0.3, 0.4) is 0 Å². The number of aromatic nitrogens is 2. The summed E-state index contributed by atoms with van der Waals surface area (Å²) in [6.07, 6.45) is 1.73. The number of hydrogen-bond acceptors (Lipinski definition) is 3. The summed E-state index contributed by atoms with van der Waals surface area (Å²) < 4.78 is 0.582. The molecule has 22 heavy (non-hydrogen) atoms. The third-order valence-electron chi connectivity index (χ3n) is 3.30. The molecule has 4 nitrogen and oxygen atoms in total. The van der Waals surface area contributed by atoms with Crippen LogP contribution in [0.4, 0.5) is 0 Å². The second-order valence-electron chi connectivity index (χ2n) is 4.99. The highest BCUT2D eigenvalue weighted by atomic mass is 79.9. The molecule has 0 amide bonds. The van der Waals surface area contributed by atoms with E-state index in [0.717, 1.165) is 22.2 Å². The Bertz CT molecular complexity index is 935. The minimum Gasteiger partial charge on any atom is -0.507 e. The van der Waals surface area contributed by atoms with Crippen molar-refractivity contribution in [3.63, 3.8) is 0 Å². The number of rotatable bonds is 2. The lowest BCUT2D eigenvalue weighted by Gasteiger charge is -1.99. The van der Waals surface area contributed by atoms with E-state index >= 15 is 0 Å². The zero-order chi connectivity index (χ0) is 15.7. The molecule has 3 aromatic rings. The summed E-state index contributed by atoms with van der Waals surface area (Å²) in [5.41, 5.74) is 4.11. The molecule has 0 bridgehead atoms. The number of nitriles is 1. The van der Waals surface area contributed by atoms with Crippen LogP contribution in [0, 0.1) is 18.3 Å². The van der Waals surface area contributed by atoms with Gasteiger partial charge in [0.2, 0.25) is 0 Å². The molecule has 2 aromatic carbocycles. The van der Waals surface area contributed by atoms with Crippen LogP contribution in [0.2, 0.25) is 0 Å². The number of imidazole rings is 1. The summed E-state index contributed by atoms with van der Waals surface area (Å²) in [5, 5.41) is 18.9. The number of benzene rings is 2. The first-order valence-electron chi connectivity index (χ1n) is 6.64. The molecule has 0 atom stereocenters. The Morgan fingerprint density at radius 3 is 2.86 bits per heavy atom. The van der Waals surface area contributed by atoms with Gasteiger partial charge in [0.25, 0.3) is 0 Å². The van der Waals surface area contributed by atoms with E-state index in [1.807, 2.05) is 25.1 Å². The van der Waals surface area contributed by atoms with Crippen LogP contribution in [0.15, 0.2) is 40.9 Å². The Morgan fingerprint density at radius 2 is 2.14 bits per heavy atom. The monoisotopic (exact) mass is 353 g/mol. The maximum absolute atomic E-state index is 9.52. The third-order valence-corrected chi connectivity index (χ3v) is 3.93. The molecular formula is C17H12BrN3O. The first-order chi connectivity index (χ1) is 10.6. The van der Waals surface area contributed by atoms with E-state index in [1.165, 1.54) is 0 Å². The van der Waals surface area contributed by atoms with Crippen molar-refractivity contribution in [1.29, 1.82) is 5.26 Å². The van der Waals surface area contributed by atoms with Crippen LogP contribution in [-0.4, -0.2) is 15.1 Å². The summed E-state index contributed by atoms with van der Waals surface area (Å²) in [6, 6.07) is 13.1. The number of fused-ring (bicyclic) bond motifs is 1. The van der Waals surface area contributed by atoms with E-state index in [0.29, 0.717) is 15.9 Å². The fourth-order valence-electron chi connectivity index (χ4n) is 2.18. The molecule has 0 aliphatic carbocycles. The summed E-state index contributed by atoms with van der Waals surface area (Å²) in [6.45, 7) is 2.01. The summed E-state index contributed by atoms with van der Waals surface area (Å²) >= 11 is 3.26. The molecule has 5 heteroatoms. The summed E-state index contributed by atoms with van der Waals surface area (Å²) in [4.78, 5) is 7.62. The lowest BCUT2D eigenvalue weighted by molar-refractivity contribution is 0.472. The largest absolute Gasteiger partial charge is 0.507 e. The van der Waals surface area contributed by atoms with Crippen molar-refractivity contribution in [3.8, 4) is 11.8 Å². The van der Waals surface area contributed by atoms with Gasteiger partial charge in [-0.2, -0.15) is 5.26 Å². The number of nitrogens with one attached hydrogen (secondary N) is 1. The number of aromatic amines is 1. The molecule has 0 saturated heterocycles. The fourth-order valence-corrected chi connectivity index (χ4v) is 2.58. The van der Waals surface area contributed by atoms with Crippen molar-refractivity contribution in [1.82, 2.24) is 9.97 Å². The van der Waals surface area contributed by atoms with Gasteiger partial charge in [0.1, 0.15) is 17.6 Å². The summed E-state index contributed by atoms with van der Waals surface area (Å²) in [5.74, 6) is 0.696. The maximum atomic E-state index is 9.52. The number of allylic oxidation sites excluding steroid dienone is 1. The number of aromatic hydroxyl groups is 1. The van der Waals surface area contributed by atoms with E-state index in [1.54, 1.807) is 24.3 Å². The highest BCUT2D eigenvalue weighted by molar-refractivity contribution is 9.10. The first kappa shape index (κ1) is 14.4. The number of aryl methyl sites for hydroxylation is 1. The van der Waals surface area contributed by atoms with E-state index in [2.05, 4.69) is 32.0 Å². The molecular weight excluding hydrogens is 342 g/mol. The van der Waals surface area contributed by atoms with Crippen molar-refractivity contribution >= 4 is 38.6 Å². The SMILES string of the molecule is Cc1ccc2nc(C(C#N)=Cc3ccc(O)c(Br)c3)[nH]c2c1. The third kappa shape index (κ3) is 2.74. The van der Waals surface area contributed by atoms with Crippen molar-refractivity contribution in [2.75, 3.05) is 0 Å². The predicted octanol–water partition coefficient (Wildman–Crippen LogP) is 4.40. The van der Waals surface area contributed by atoms with Crippen LogP contribution in [0.5, 0.6) is 5.75 Å². The van der Waals surface area contributed by atoms with Gasteiger partial charge in [-0.3, -0.25) is 0 Å². The van der Waals surface area contributed by atoms with Crippen molar-refractivity contribution < 1.29 is 5.11 Å². The molecule has 0 fully saturated rings. The molecule has 108 valence electrons. The predicted molar refractivity (Wildman–Crippen MR) is 90.1 cm³/mol. The van der Waals surface area contributed by atoms with Gasteiger partial charge >= 0.3 is 0 Å². The van der Waals surface area contributed by atoms with Gasteiger partial charge < -0.3 is 10.1 Å². The summed E-state index contributed by atoms with van der Waals surface area (Å²) in [7, 11) is 0. The lowest BCUT2D eigenvalue weighted by atomic mass is 10.1. The number of halogens is 1. The van der Waals surface area contributed by atoms with Crippen LogP contribution < -0.4 is 0 Å². The van der Waals surface area contributed by atoms with Gasteiger partial charge in [-0.05, 0) is 64.3 Å². The Labute approximate surface area is 135 Å². The van der Waals surface area contributed by atoms with Crippen LogP contribution in [0.25, 0.3) is 22.7 Å². The quantitative estimate of drug-likeness (QED) is 0.670. The van der Waals surface area contributed by atoms with Crippen molar-refractivity contribution in [2.24, 2.45) is 0 Å². The van der Waals surface area contributed by atoms with Crippen LogP contribution in [-0.2, 0) is 0 Å².